The SMILES string of the molecule is O[C@]12CCCC[C@@H]1[C@H](c1ccc(F)cc1)[NH2+]CC2. The minimum absolute atomic E-state index is 0.187. The van der Waals surface area contributed by atoms with Gasteiger partial charge in [-0.1, -0.05) is 25.0 Å². The van der Waals surface area contributed by atoms with E-state index in [1.165, 1.54) is 18.6 Å². The highest BCUT2D eigenvalue weighted by Crippen LogP contribution is 2.43. The molecule has 0 radical (unpaired) electrons. The highest BCUT2D eigenvalue weighted by molar-refractivity contribution is 5.20. The van der Waals surface area contributed by atoms with Gasteiger partial charge < -0.3 is 10.4 Å². The van der Waals surface area contributed by atoms with Crippen molar-refractivity contribution in [1.82, 2.24) is 0 Å². The van der Waals surface area contributed by atoms with Gasteiger partial charge in [-0.05, 0) is 25.0 Å². The van der Waals surface area contributed by atoms with E-state index in [9.17, 15) is 9.50 Å². The van der Waals surface area contributed by atoms with E-state index in [4.69, 9.17) is 0 Å². The zero-order valence-corrected chi connectivity index (χ0v) is 10.6. The van der Waals surface area contributed by atoms with Gasteiger partial charge in [-0.3, -0.25) is 0 Å². The Labute approximate surface area is 107 Å². The van der Waals surface area contributed by atoms with E-state index in [1.807, 2.05) is 12.1 Å². The zero-order chi connectivity index (χ0) is 12.6. The molecule has 3 atom stereocenters. The molecule has 2 fully saturated rings. The van der Waals surface area contributed by atoms with Crippen LogP contribution in [0.4, 0.5) is 4.39 Å². The number of benzene rings is 1. The first-order valence-corrected chi connectivity index (χ1v) is 7.00. The van der Waals surface area contributed by atoms with E-state index in [0.717, 1.165) is 37.8 Å². The molecule has 3 N–H and O–H groups in total. The number of fused-ring (bicyclic) bond motifs is 1. The number of nitrogens with two attached hydrogens (primary N) is 1. The summed E-state index contributed by atoms with van der Waals surface area (Å²) in [6, 6.07) is 7.09. The molecule has 3 rings (SSSR count). The van der Waals surface area contributed by atoms with E-state index in [0.29, 0.717) is 12.0 Å². The van der Waals surface area contributed by atoms with Crippen LogP contribution in [-0.2, 0) is 0 Å². The smallest absolute Gasteiger partial charge is 0.123 e. The van der Waals surface area contributed by atoms with Crippen LogP contribution < -0.4 is 5.32 Å². The third kappa shape index (κ3) is 2.06. The zero-order valence-electron chi connectivity index (χ0n) is 10.6. The molecule has 98 valence electrons. The van der Waals surface area contributed by atoms with Crippen LogP contribution in [0.1, 0.15) is 43.7 Å². The molecule has 0 amide bonds. The molecule has 0 unspecified atom stereocenters. The third-order valence-electron chi connectivity index (χ3n) is 4.75. The average molecular weight is 250 g/mol. The van der Waals surface area contributed by atoms with Gasteiger partial charge in [-0.15, -0.1) is 0 Å². The van der Waals surface area contributed by atoms with E-state index in [1.54, 1.807) is 0 Å². The van der Waals surface area contributed by atoms with Crippen LogP contribution >= 0.6 is 0 Å². The Morgan fingerprint density at radius 2 is 1.94 bits per heavy atom. The summed E-state index contributed by atoms with van der Waals surface area (Å²) in [5.41, 5.74) is 0.674. The first-order valence-electron chi connectivity index (χ1n) is 7.00. The molecule has 18 heavy (non-hydrogen) atoms. The van der Waals surface area contributed by atoms with Gasteiger partial charge in [0.15, 0.2) is 0 Å². The Balaban J connectivity index is 1.88. The average Bonchev–Trinajstić information content (AvgIpc) is 2.38. The Morgan fingerprint density at radius 3 is 2.72 bits per heavy atom. The number of piperidine rings is 1. The van der Waals surface area contributed by atoms with Crippen molar-refractivity contribution >= 4 is 0 Å². The molecular formula is C15H21FNO+. The standard InChI is InChI=1S/C15H20FNO/c16-12-6-4-11(5-7-12)14-13-3-1-2-8-15(13,18)9-10-17-14/h4-7,13-14,17-18H,1-3,8-10H2/p+1/t13-,14+,15+/m1/s1. The number of rotatable bonds is 1. The molecule has 1 saturated carbocycles. The number of hydrogen-bond donors (Lipinski definition) is 2. The lowest BCUT2D eigenvalue weighted by Crippen LogP contribution is -2.91. The Kier molecular flexibility index (Phi) is 3.12. The maximum Gasteiger partial charge on any atom is 0.123 e. The summed E-state index contributed by atoms with van der Waals surface area (Å²) in [7, 11) is 0. The van der Waals surface area contributed by atoms with E-state index in [2.05, 4.69) is 5.32 Å². The van der Waals surface area contributed by atoms with Crippen molar-refractivity contribution < 1.29 is 14.8 Å². The fraction of sp³-hybridized carbons (Fsp3) is 0.600. The molecule has 1 aromatic carbocycles. The van der Waals surface area contributed by atoms with Crippen LogP contribution in [0.25, 0.3) is 0 Å². The van der Waals surface area contributed by atoms with Gasteiger partial charge in [-0.2, -0.15) is 0 Å². The minimum atomic E-state index is -0.480. The summed E-state index contributed by atoms with van der Waals surface area (Å²) in [6.45, 7) is 0.967. The fourth-order valence-corrected chi connectivity index (χ4v) is 3.80. The molecule has 1 aliphatic heterocycles. The molecule has 1 aliphatic carbocycles. The molecule has 1 aromatic rings. The molecule has 1 saturated heterocycles. The first-order chi connectivity index (χ1) is 8.69. The summed E-state index contributed by atoms with van der Waals surface area (Å²) >= 11 is 0. The number of halogens is 1. The van der Waals surface area contributed by atoms with Crippen molar-refractivity contribution in [2.75, 3.05) is 6.54 Å². The van der Waals surface area contributed by atoms with Gasteiger partial charge in [0.2, 0.25) is 0 Å². The lowest BCUT2D eigenvalue weighted by Gasteiger charge is -2.46. The molecule has 3 heteroatoms. The summed E-state index contributed by atoms with van der Waals surface area (Å²) in [5, 5.41) is 13.1. The van der Waals surface area contributed by atoms with E-state index < -0.39 is 5.60 Å². The third-order valence-corrected chi connectivity index (χ3v) is 4.75. The predicted octanol–water partition coefficient (Wildman–Crippen LogP) is 1.76. The van der Waals surface area contributed by atoms with Crippen molar-refractivity contribution in [2.24, 2.45) is 5.92 Å². The van der Waals surface area contributed by atoms with Crippen LogP contribution in [0.2, 0.25) is 0 Å². The molecule has 0 spiro atoms. The second kappa shape index (κ2) is 4.63. The van der Waals surface area contributed by atoms with E-state index in [-0.39, 0.29) is 5.82 Å². The van der Waals surface area contributed by atoms with Crippen molar-refractivity contribution in [2.45, 2.75) is 43.7 Å². The highest BCUT2D eigenvalue weighted by atomic mass is 19.1. The number of aliphatic hydroxyl groups is 1. The lowest BCUT2D eigenvalue weighted by atomic mass is 9.67. The van der Waals surface area contributed by atoms with Gasteiger partial charge in [0, 0.05) is 17.9 Å². The summed E-state index contributed by atoms with van der Waals surface area (Å²) in [6.07, 6.45) is 5.27. The van der Waals surface area contributed by atoms with Crippen LogP contribution in [0.3, 0.4) is 0 Å². The molecule has 2 nitrogen and oxygen atoms in total. The van der Waals surface area contributed by atoms with Gasteiger partial charge in [-0.25, -0.2) is 4.39 Å². The van der Waals surface area contributed by atoms with E-state index >= 15 is 0 Å². The minimum Gasteiger partial charge on any atom is -0.389 e. The quantitative estimate of drug-likeness (QED) is 0.783. The molecule has 2 aliphatic rings. The second-order valence-corrected chi connectivity index (χ2v) is 5.81. The van der Waals surface area contributed by atoms with Crippen molar-refractivity contribution in [3.8, 4) is 0 Å². The van der Waals surface area contributed by atoms with Gasteiger partial charge in [0.25, 0.3) is 0 Å². The van der Waals surface area contributed by atoms with Crippen molar-refractivity contribution in [3.05, 3.63) is 35.6 Å². The number of hydrogen-bond acceptors (Lipinski definition) is 1. The van der Waals surface area contributed by atoms with Crippen LogP contribution in [0, 0.1) is 11.7 Å². The number of quaternary nitrogens is 1. The predicted molar refractivity (Wildman–Crippen MR) is 67.5 cm³/mol. The van der Waals surface area contributed by atoms with Crippen molar-refractivity contribution in [3.63, 3.8) is 0 Å². The van der Waals surface area contributed by atoms with Crippen LogP contribution in [0.15, 0.2) is 24.3 Å². The second-order valence-electron chi connectivity index (χ2n) is 5.81. The van der Waals surface area contributed by atoms with Gasteiger partial charge in [0.1, 0.15) is 11.9 Å². The molecular weight excluding hydrogens is 229 g/mol. The normalized spacial score (nSPS) is 36.1. The summed E-state index contributed by atoms with van der Waals surface area (Å²) < 4.78 is 13.0. The van der Waals surface area contributed by atoms with Crippen LogP contribution in [0.5, 0.6) is 0 Å². The maximum atomic E-state index is 13.0. The Hall–Kier alpha value is -0.930. The fourth-order valence-electron chi connectivity index (χ4n) is 3.80. The highest BCUT2D eigenvalue weighted by Gasteiger charge is 2.48. The first kappa shape index (κ1) is 12.1. The van der Waals surface area contributed by atoms with Crippen LogP contribution in [-0.4, -0.2) is 17.3 Å². The Bertz CT molecular complexity index is 415. The lowest BCUT2D eigenvalue weighted by molar-refractivity contribution is -0.719. The van der Waals surface area contributed by atoms with Crippen molar-refractivity contribution in [1.29, 1.82) is 0 Å². The largest absolute Gasteiger partial charge is 0.389 e. The molecule has 1 heterocycles. The molecule has 0 aromatic heterocycles. The summed E-state index contributed by atoms with van der Waals surface area (Å²) in [4.78, 5) is 0. The summed E-state index contributed by atoms with van der Waals surface area (Å²) in [5.74, 6) is 0.138. The van der Waals surface area contributed by atoms with Gasteiger partial charge in [0.05, 0.1) is 12.1 Å². The Morgan fingerprint density at radius 1 is 1.17 bits per heavy atom. The maximum absolute atomic E-state index is 13.0. The monoisotopic (exact) mass is 250 g/mol. The van der Waals surface area contributed by atoms with Gasteiger partial charge >= 0.3 is 0 Å². The topological polar surface area (TPSA) is 36.8 Å². The molecule has 0 bridgehead atoms.